The molecule has 1 fully saturated rings. The van der Waals surface area contributed by atoms with Crippen LogP contribution >= 0.6 is 11.6 Å². The zero-order chi connectivity index (χ0) is 24.4. The minimum Gasteiger partial charge on any atom is -0.382 e. The fourth-order valence-electron chi connectivity index (χ4n) is 4.17. The lowest BCUT2D eigenvalue weighted by Crippen LogP contribution is -2.30. The predicted molar refractivity (Wildman–Crippen MR) is 132 cm³/mol. The molecule has 1 N–H and O–H groups in total. The molecule has 4 aromatic rings. The summed E-state index contributed by atoms with van der Waals surface area (Å²) in [5.74, 6) is -0.0324. The summed E-state index contributed by atoms with van der Waals surface area (Å²) in [7, 11) is 1.64. The average molecular weight is 494 g/mol. The number of fused-ring (bicyclic) bond motifs is 1. The van der Waals surface area contributed by atoms with Crippen LogP contribution in [-0.2, 0) is 9.47 Å². The van der Waals surface area contributed by atoms with Crippen molar-refractivity contribution in [2.24, 2.45) is 0 Å². The van der Waals surface area contributed by atoms with E-state index >= 15 is 0 Å². The van der Waals surface area contributed by atoms with Crippen molar-refractivity contribution in [3.05, 3.63) is 75.7 Å². The van der Waals surface area contributed by atoms with Gasteiger partial charge in [0.25, 0.3) is 11.5 Å². The average Bonchev–Trinajstić information content (AvgIpc) is 3.54. The van der Waals surface area contributed by atoms with Gasteiger partial charge in [-0.25, -0.2) is 4.68 Å². The van der Waals surface area contributed by atoms with Gasteiger partial charge in [-0.1, -0.05) is 16.8 Å². The first-order valence-electron chi connectivity index (χ1n) is 11.3. The smallest absolute Gasteiger partial charge is 0.258 e. The second-order valence-corrected chi connectivity index (χ2v) is 8.80. The first-order chi connectivity index (χ1) is 17.0. The minimum atomic E-state index is -0.261. The van der Waals surface area contributed by atoms with Gasteiger partial charge in [-0.2, -0.15) is 0 Å². The van der Waals surface area contributed by atoms with Gasteiger partial charge in [0.05, 0.1) is 36.8 Å². The maximum atomic E-state index is 12.9. The second-order valence-electron chi connectivity index (χ2n) is 8.36. The van der Waals surface area contributed by atoms with E-state index in [-0.39, 0.29) is 17.6 Å². The minimum absolute atomic E-state index is 0.0324. The third kappa shape index (κ3) is 4.97. The molecule has 10 heteroatoms. The number of methoxy groups -OCH3 is 1. The summed E-state index contributed by atoms with van der Waals surface area (Å²) in [5.41, 5.74) is 2.58. The molecule has 1 aliphatic heterocycles. The van der Waals surface area contributed by atoms with Gasteiger partial charge < -0.3 is 19.4 Å². The number of halogens is 1. The third-order valence-corrected chi connectivity index (χ3v) is 6.26. The van der Waals surface area contributed by atoms with Crippen LogP contribution in [0.5, 0.6) is 0 Å². The van der Waals surface area contributed by atoms with Crippen molar-refractivity contribution in [1.82, 2.24) is 24.9 Å². The van der Waals surface area contributed by atoms with Crippen LogP contribution in [0.25, 0.3) is 27.8 Å². The van der Waals surface area contributed by atoms with Gasteiger partial charge in [0.15, 0.2) is 0 Å². The molecule has 2 aromatic heterocycles. The molecule has 1 unspecified atom stereocenters. The van der Waals surface area contributed by atoms with Crippen molar-refractivity contribution in [2.75, 3.05) is 33.4 Å². The van der Waals surface area contributed by atoms with Crippen LogP contribution in [0.2, 0.25) is 5.02 Å². The zero-order valence-corrected chi connectivity index (χ0v) is 19.9. The Kier molecular flexibility index (Phi) is 6.63. The summed E-state index contributed by atoms with van der Waals surface area (Å²) in [6, 6.07) is 14.2. The maximum Gasteiger partial charge on any atom is 0.258 e. The maximum absolute atomic E-state index is 12.9. The Morgan fingerprint density at radius 3 is 2.80 bits per heavy atom. The number of hydrogen-bond donors (Lipinski definition) is 1. The lowest BCUT2D eigenvalue weighted by molar-refractivity contribution is 0.0218. The van der Waals surface area contributed by atoms with E-state index in [4.69, 9.17) is 21.1 Å². The number of nitrogens with zero attached hydrogens (tertiary/aromatic N) is 4. The van der Waals surface area contributed by atoms with Gasteiger partial charge >= 0.3 is 0 Å². The van der Waals surface area contributed by atoms with E-state index in [1.54, 1.807) is 71.4 Å². The normalized spacial score (nSPS) is 15.7. The standard InChI is InChI=1S/C25H24ClN5O4/c1-34-10-11-35-20-8-9-30(14-20)25(33)16-2-5-19(6-3-16)31-15-23(28-29-31)21-13-17-12-18(26)4-7-22(17)27-24(21)32/h2-7,12-13,15,20H,8-11,14H2,1H3,(H,27,32). The number of hydrogen-bond acceptors (Lipinski definition) is 6. The number of rotatable bonds is 7. The van der Waals surface area contributed by atoms with E-state index in [9.17, 15) is 9.59 Å². The van der Waals surface area contributed by atoms with Gasteiger partial charge in [0.1, 0.15) is 5.69 Å². The highest BCUT2D eigenvalue weighted by Crippen LogP contribution is 2.22. The molecule has 0 aliphatic carbocycles. The lowest BCUT2D eigenvalue weighted by atomic mass is 10.1. The molecule has 0 radical (unpaired) electrons. The number of amides is 1. The van der Waals surface area contributed by atoms with Crippen LogP contribution in [-0.4, -0.2) is 70.3 Å². The zero-order valence-electron chi connectivity index (χ0n) is 19.1. The fourth-order valence-corrected chi connectivity index (χ4v) is 4.35. The summed E-state index contributed by atoms with van der Waals surface area (Å²) in [6.07, 6.45) is 2.53. The van der Waals surface area contributed by atoms with Gasteiger partial charge in [0.2, 0.25) is 0 Å². The van der Waals surface area contributed by atoms with Gasteiger partial charge in [-0.15, -0.1) is 5.10 Å². The second kappa shape index (κ2) is 9.99. The molecule has 1 saturated heterocycles. The number of nitrogens with one attached hydrogen (secondary N) is 1. The monoisotopic (exact) mass is 493 g/mol. The number of carbonyl (C=O) groups excluding carboxylic acids is 1. The number of aromatic nitrogens is 4. The van der Waals surface area contributed by atoms with E-state index in [1.807, 2.05) is 0 Å². The third-order valence-electron chi connectivity index (χ3n) is 6.03. The first-order valence-corrected chi connectivity index (χ1v) is 11.6. The van der Waals surface area contributed by atoms with Crippen molar-refractivity contribution in [3.8, 4) is 16.9 Å². The molecular formula is C25H24ClN5O4. The van der Waals surface area contributed by atoms with Crippen molar-refractivity contribution >= 4 is 28.4 Å². The number of ether oxygens (including phenoxy) is 2. The van der Waals surface area contributed by atoms with Gasteiger partial charge in [0, 0.05) is 41.7 Å². The van der Waals surface area contributed by atoms with E-state index in [2.05, 4.69) is 15.3 Å². The van der Waals surface area contributed by atoms with E-state index in [1.165, 1.54) is 0 Å². The van der Waals surface area contributed by atoms with Crippen molar-refractivity contribution in [2.45, 2.75) is 12.5 Å². The number of benzene rings is 2. The van der Waals surface area contributed by atoms with Gasteiger partial charge in [-0.3, -0.25) is 9.59 Å². The van der Waals surface area contributed by atoms with E-state index in [0.29, 0.717) is 53.7 Å². The van der Waals surface area contributed by atoms with Crippen LogP contribution in [0.4, 0.5) is 0 Å². The summed E-state index contributed by atoms with van der Waals surface area (Å²) < 4.78 is 12.3. The molecule has 1 atom stereocenters. The number of likely N-dealkylation sites (tertiary alicyclic amines) is 1. The summed E-state index contributed by atoms with van der Waals surface area (Å²) >= 11 is 6.09. The van der Waals surface area contributed by atoms with Crippen molar-refractivity contribution < 1.29 is 14.3 Å². The number of H-pyrrole nitrogens is 1. The van der Waals surface area contributed by atoms with Crippen molar-refractivity contribution in [1.29, 1.82) is 0 Å². The van der Waals surface area contributed by atoms with Crippen LogP contribution in [0, 0.1) is 0 Å². The summed E-state index contributed by atoms with van der Waals surface area (Å²) in [4.78, 5) is 30.1. The van der Waals surface area contributed by atoms with Crippen LogP contribution in [0.15, 0.2) is 59.5 Å². The molecule has 5 rings (SSSR count). The Labute approximate surface area is 206 Å². The molecule has 180 valence electrons. The summed E-state index contributed by atoms with van der Waals surface area (Å²) in [5, 5.41) is 9.72. The predicted octanol–water partition coefficient (Wildman–Crippen LogP) is 3.31. The SMILES string of the molecule is COCCOC1CCN(C(=O)c2ccc(-n3cc(-c4cc5cc(Cl)ccc5[nH]c4=O)nn3)cc2)C1. The lowest BCUT2D eigenvalue weighted by Gasteiger charge is -2.17. The highest BCUT2D eigenvalue weighted by Gasteiger charge is 2.27. The molecule has 2 aromatic carbocycles. The topological polar surface area (TPSA) is 102 Å². The number of carbonyl (C=O) groups is 1. The van der Waals surface area contributed by atoms with Crippen LogP contribution < -0.4 is 5.56 Å². The molecule has 9 nitrogen and oxygen atoms in total. The molecule has 1 amide bonds. The Balaban J connectivity index is 1.30. The fraction of sp³-hybridized carbons (Fsp3) is 0.280. The Bertz CT molecular complexity index is 1420. The molecule has 0 spiro atoms. The van der Waals surface area contributed by atoms with Gasteiger partial charge in [-0.05, 0) is 55.0 Å². The Morgan fingerprint density at radius 1 is 1.17 bits per heavy atom. The summed E-state index contributed by atoms with van der Waals surface area (Å²) in [6.45, 7) is 2.30. The van der Waals surface area contributed by atoms with Crippen LogP contribution in [0.1, 0.15) is 16.8 Å². The number of pyridine rings is 1. The van der Waals surface area contributed by atoms with E-state index in [0.717, 1.165) is 17.5 Å². The number of aromatic amines is 1. The highest BCUT2D eigenvalue weighted by molar-refractivity contribution is 6.31. The largest absolute Gasteiger partial charge is 0.382 e. The molecule has 3 heterocycles. The first kappa shape index (κ1) is 23.2. The molecule has 1 aliphatic rings. The Hall–Kier alpha value is -3.53. The van der Waals surface area contributed by atoms with E-state index < -0.39 is 0 Å². The molecule has 35 heavy (non-hydrogen) atoms. The Morgan fingerprint density at radius 2 is 2.00 bits per heavy atom. The molecule has 0 saturated carbocycles. The highest BCUT2D eigenvalue weighted by atomic mass is 35.5. The quantitative estimate of drug-likeness (QED) is 0.396. The molecule has 0 bridgehead atoms. The van der Waals surface area contributed by atoms with Crippen LogP contribution in [0.3, 0.4) is 0 Å². The van der Waals surface area contributed by atoms with Crippen molar-refractivity contribution in [3.63, 3.8) is 0 Å². The molecular weight excluding hydrogens is 470 g/mol.